The Morgan fingerprint density at radius 3 is 2.33 bits per heavy atom. The van der Waals surface area contributed by atoms with E-state index < -0.39 is 16.8 Å². The minimum Gasteiger partial charge on any atom is -0.463 e. The Bertz CT molecular complexity index is 372. The standard InChI is InChI=1S/C15H22Cl2O4/c1-3-5-6-7-8-12(4-2)21-15(19)10-9-14(18)20-11-13(16)17/h12-13H,3-5,8-11H2,1-2H3. The largest absolute Gasteiger partial charge is 0.463 e. The van der Waals surface area contributed by atoms with E-state index in [0.717, 1.165) is 12.8 Å². The van der Waals surface area contributed by atoms with Crippen molar-refractivity contribution in [1.82, 2.24) is 0 Å². The van der Waals surface area contributed by atoms with Crippen LogP contribution in [-0.4, -0.2) is 29.5 Å². The zero-order valence-electron chi connectivity index (χ0n) is 12.5. The summed E-state index contributed by atoms with van der Waals surface area (Å²) in [6.07, 6.45) is 2.77. The van der Waals surface area contributed by atoms with Crippen molar-refractivity contribution in [2.45, 2.75) is 63.3 Å². The van der Waals surface area contributed by atoms with Crippen molar-refractivity contribution in [3.05, 3.63) is 0 Å². The van der Waals surface area contributed by atoms with Crippen molar-refractivity contribution in [2.24, 2.45) is 0 Å². The van der Waals surface area contributed by atoms with Crippen molar-refractivity contribution >= 4 is 35.1 Å². The first kappa shape index (κ1) is 20.1. The lowest BCUT2D eigenvalue weighted by Crippen LogP contribution is -2.18. The van der Waals surface area contributed by atoms with Crippen LogP contribution in [0.3, 0.4) is 0 Å². The molecule has 1 unspecified atom stereocenters. The number of carbonyl (C=O) groups is 2. The summed E-state index contributed by atoms with van der Waals surface area (Å²) in [6, 6.07) is 0. The van der Waals surface area contributed by atoms with Crippen molar-refractivity contribution in [3.8, 4) is 11.8 Å². The second-order valence-corrected chi connectivity index (χ2v) is 5.68. The summed E-state index contributed by atoms with van der Waals surface area (Å²) in [5, 5.41) is 0. The van der Waals surface area contributed by atoms with E-state index in [9.17, 15) is 9.59 Å². The van der Waals surface area contributed by atoms with E-state index in [2.05, 4.69) is 18.8 Å². The average molecular weight is 337 g/mol. The molecule has 0 amide bonds. The number of rotatable bonds is 9. The molecule has 0 aliphatic heterocycles. The molecule has 0 aromatic heterocycles. The van der Waals surface area contributed by atoms with Gasteiger partial charge in [0.05, 0.1) is 12.8 Å². The third-order valence-corrected chi connectivity index (χ3v) is 2.74. The molecular formula is C15H22Cl2O4. The maximum Gasteiger partial charge on any atom is 0.306 e. The van der Waals surface area contributed by atoms with Gasteiger partial charge in [-0.2, -0.15) is 0 Å². The Morgan fingerprint density at radius 2 is 1.76 bits per heavy atom. The molecule has 21 heavy (non-hydrogen) atoms. The molecule has 0 saturated carbocycles. The molecule has 0 radical (unpaired) electrons. The van der Waals surface area contributed by atoms with Gasteiger partial charge in [-0.05, 0) is 12.8 Å². The summed E-state index contributed by atoms with van der Waals surface area (Å²) in [4.78, 5) is 22.1. The molecule has 0 aliphatic rings. The lowest BCUT2D eigenvalue weighted by molar-refractivity contribution is -0.153. The summed E-state index contributed by atoms with van der Waals surface area (Å²) in [6.45, 7) is 3.90. The molecule has 0 aliphatic carbocycles. The highest BCUT2D eigenvalue weighted by molar-refractivity contribution is 6.44. The Hall–Kier alpha value is -0.920. The summed E-state index contributed by atoms with van der Waals surface area (Å²) < 4.78 is 10.00. The van der Waals surface area contributed by atoms with Gasteiger partial charge in [0.15, 0.2) is 0 Å². The van der Waals surface area contributed by atoms with Gasteiger partial charge in [0.2, 0.25) is 0 Å². The Balaban J connectivity index is 3.94. The first-order valence-corrected chi connectivity index (χ1v) is 7.95. The molecule has 0 fully saturated rings. The normalized spacial score (nSPS) is 11.5. The van der Waals surface area contributed by atoms with E-state index in [4.69, 9.17) is 32.7 Å². The third kappa shape index (κ3) is 12.5. The smallest absolute Gasteiger partial charge is 0.306 e. The van der Waals surface area contributed by atoms with Gasteiger partial charge in [0.1, 0.15) is 17.5 Å². The van der Waals surface area contributed by atoms with Crippen LogP contribution >= 0.6 is 23.2 Å². The molecule has 0 aromatic carbocycles. The van der Waals surface area contributed by atoms with Gasteiger partial charge < -0.3 is 9.47 Å². The number of ether oxygens (including phenoxy) is 2. The predicted octanol–water partition coefficient (Wildman–Crippen LogP) is 3.63. The quantitative estimate of drug-likeness (QED) is 0.366. The van der Waals surface area contributed by atoms with E-state index in [0.29, 0.717) is 12.8 Å². The second-order valence-electron chi connectivity index (χ2n) is 4.40. The maximum absolute atomic E-state index is 11.6. The number of unbranched alkanes of at least 4 members (excludes halogenated alkanes) is 1. The van der Waals surface area contributed by atoms with Crippen molar-refractivity contribution in [2.75, 3.05) is 6.61 Å². The molecule has 6 heteroatoms. The predicted molar refractivity (Wildman–Crippen MR) is 83.2 cm³/mol. The second kappa shape index (κ2) is 12.8. The van der Waals surface area contributed by atoms with E-state index in [1.54, 1.807) is 0 Å². The minimum absolute atomic E-state index is 0.0209. The summed E-state index contributed by atoms with van der Waals surface area (Å²) in [7, 11) is 0. The summed E-state index contributed by atoms with van der Waals surface area (Å²) >= 11 is 10.9. The number of hydrogen-bond donors (Lipinski definition) is 0. The van der Waals surface area contributed by atoms with Gasteiger partial charge in [-0.1, -0.05) is 19.8 Å². The van der Waals surface area contributed by atoms with Gasteiger partial charge in [0, 0.05) is 12.8 Å². The van der Waals surface area contributed by atoms with E-state index in [1.807, 2.05) is 6.92 Å². The van der Waals surface area contributed by atoms with Crippen LogP contribution in [0.2, 0.25) is 0 Å². The van der Waals surface area contributed by atoms with E-state index in [-0.39, 0.29) is 25.6 Å². The minimum atomic E-state index is -0.757. The molecule has 0 bridgehead atoms. The summed E-state index contributed by atoms with van der Waals surface area (Å²) in [5.41, 5.74) is 0. The molecule has 1 atom stereocenters. The van der Waals surface area contributed by atoms with Gasteiger partial charge in [-0.15, -0.1) is 29.1 Å². The molecule has 4 nitrogen and oxygen atoms in total. The molecule has 0 heterocycles. The van der Waals surface area contributed by atoms with E-state index >= 15 is 0 Å². The van der Waals surface area contributed by atoms with Crippen LogP contribution in [0.25, 0.3) is 0 Å². The van der Waals surface area contributed by atoms with Gasteiger partial charge >= 0.3 is 11.9 Å². The molecule has 0 rings (SSSR count). The van der Waals surface area contributed by atoms with Crippen LogP contribution in [0.4, 0.5) is 0 Å². The highest BCUT2D eigenvalue weighted by atomic mass is 35.5. The topological polar surface area (TPSA) is 52.6 Å². The van der Waals surface area contributed by atoms with Crippen LogP contribution in [0.1, 0.15) is 52.4 Å². The zero-order valence-corrected chi connectivity index (χ0v) is 14.0. The van der Waals surface area contributed by atoms with Crippen molar-refractivity contribution in [1.29, 1.82) is 0 Å². The molecule has 0 saturated heterocycles. The van der Waals surface area contributed by atoms with Crippen LogP contribution in [0, 0.1) is 11.8 Å². The van der Waals surface area contributed by atoms with E-state index in [1.165, 1.54) is 0 Å². The Labute approximate surface area is 136 Å². The zero-order chi connectivity index (χ0) is 16.1. The number of hydrogen-bond acceptors (Lipinski definition) is 4. The molecule has 120 valence electrons. The monoisotopic (exact) mass is 336 g/mol. The first-order valence-electron chi connectivity index (χ1n) is 7.08. The van der Waals surface area contributed by atoms with Crippen molar-refractivity contribution < 1.29 is 19.1 Å². The van der Waals surface area contributed by atoms with Gasteiger partial charge in [-0.25, -0.2) is 0 Å². The fraction of sp³-hybridized carbons (Fsp3) is 0.733. The number of halogens is 2. The third-order valence-electron chi connectivity index (χ3n) is 2.49. The fourth-order valence-corrected chi connectivity index (χ4v) is 1.47. The lowest BCUT2D eigenvalue weighted by atomic mass is 10.2. The Morgan fingerprint density at radius 1 is 1.10 bits per heavy atom. The number of alkyl halides is 2. The maximum atomic E-state index is 11.6. The fourth-order valence-electron chi connectivity index (χ4n) is 1.35. The van der Waals surface area contributed by atoms with Crippen LogP contribution in [0.5, 0.6) is 0 Å². The lowest BCUT2D eigenvalue weighted by Gasteiger charge is -2.13. The highest BCUT2D eigenvalue weighted by Gasteiger charge is 2.14. The van der Waals surface area contributed by atoms with Gasteiger partial charge in [0.25, 0.3) is 0 Å². The molecule has 0 spiro atoms. The van der Waals surface area contributed by atoms with Crippen LogP contribution in [-0.2, 0) is 19.1 Å². The Kier molecular flexibility index (Phi) is 12.2. The van der Waals surface area contributed by atoms with Crippen LogP contribution < -0.4 is 0 Å². The first-order chi connectivity index (χ1) is 9.99. The number of carbonyl (C=O) groups excluding carboxylic acids is 2. The average Bonchev–Trinajstić information content (AvgIpc) is 2.46. The number of esters is 2. The van der Waals surface area contributed by atoms with Crippen molar-refractivity contribution in [3.63, 3.8) is 0 Å². The molecular weight excluding hydrogens is 315 g/mol. The van der Waals surface area contributed by atoms with Gasteiger partial charge in [-0.3, -0.25) is 9.59 Å². The highest BCUT2D eigenvalue weighted by Crippen LogP contribution is 2.07. The molecule has 0 aromatic rings. The van der Waals surface area contributed by atoms with Crippen LogP contribution in [0.15, 0.2) is 0 Å². The molecule has 0 N–H and O–H groups in total. The summed E-state index contributed by atoms with van der Waals surface area (Å²) in [5.74, 6) is 5.06. The SMILES string of the molecule is CCCC#CCC(CC)OC(=O)CCC(=O)OCC(Cl)Cl.